The van der Waals surface area contributed by atoms with Crippen molar-refractivity contribution >= 4 is 0 Å². The Labute approximate surface area is 166 Å². The van der Waals surface area contributed by atoms with Gasteiger partial charge < -0.3 is 10.6 Å². The minimum absolute atomic E-state index is 0.125. The first-order valence-electron chi connectivity index (χ1n) is 10.4. The van der Waals surface area contributed by atoms with Crippen LogP contribution in [0, 0.1) is 11.3 Å². The summed E-state index contributed by atoms with van der Waals surface area (Å²) in [5.74, 6) is 0. The molecule has 3 rings (SSSR count). The van der Waals surface area contributed by atoms with Crippen LogP contribution in [0.15, 0.2) is 30.3 Å². The minimum Gasteiger partial charge on any atom is -0.326 e. The van der Waals surface area contributed by atoms with Crippen LogP contribution >= 0.6 is 0 Å². The number of rotatable bonds is 5. The molecule has 150 valence electrons. The van der Waals surface area contributed by atoms with Gasteiger partial charge in [-0.2, -0.15) is 5.26 Å². The van der Waals surface area contributed by atoms with Crippen molar-refractivity contribution in [2.24, 2.45) is 5.73 Å². The molecule has 2 N–H and O–H groups in total. The fraction of sp³-hybridized carbons (Fsp3) is 0.696. The van der Waals surface area contributed by atoms with Crippen LogP contribution < -0.4 is 5.73 Å². The van der Waals surface area contributed by atoms with Crippen LogP contribution in [-0.2, 0) is 6.42 Å². The van der Waals surface area contributed by atoms with E-state index in [9.17, 15) is 0 Å². The Balaban J connectivity index is 0.000000223. The van der Waals surface area contributed by atoms with Crippen LogP contribution in [-0.4, -0.2) is 55.1 Å². The third kappa shape index (κ3) is 5.10. The molecule has 2 aliphatic rings. The molecular weight excluding hydrogens is 332 g/mol. The summed E-state index contributed by atoms with van der Waals surface area (Å²) in [6, 6.07) is 13.3. The second-order valence-corrected chi connectivity index (χ2v) is 8.75. The van der Waals surface area contributed by atoms with Crippen molar-refractivity contribution in [2.75, 3.05) is 28.2 Å². The number of nitrogens with two attached hydrogens (primary N) is 1. The van der Waals surface area contributed by atoms with Gasteiger partial charge in [-0.05, 0) is 65.9 Å². The van der Waals surface area contributed by atoms with E-state index in [0.717, 1.165) is 19.3 Å². The summed E-state index contributed by atoms with van der Waals surface area (Å²) in [6.07, 6.45) is 10.6. The van der Waals surface area contributed by atoms with Crippen LogP contribution in [0.2, 0.25) is 0 Å². The van der Waals surface area contributed by atoms with Gasteiger partial charge in [0, 0.05) is 11.6 Å². The lowest BCUT2D eigenvalue weighted by Crippen LogP contribution is -2.56. The average molecular weight is 371 g/mol. The van der Waals surface area contributed by atoms with Gasteiger partial charge in [-0.3, -0.25) is 4.90 Å². The van der Waals surface area contributed by atoms with Gasteiger partial charge in [0.25, 0.3) is 0 Å². The zero-order valence-corrected chi connectivity index (χ0v) is 17.7. The number of hydrogen-bond donors (Lipinski definition) is 1. The first-order valence-corrected chi connectivity index (χ1v) is 10.4. The van der Waals surface area contributed by atoms with E-state index in [-0.39, 0.29) is 17.1 Å². The molecule has 4 nitrogen and oxygen atoms in total. The highest BCUT2D eigenvalue weighted by Gasteiger charge is 2.41. The van der Waals surface area contributed by atoms with Crippen LogP contribution in [0.5, 0.6) is 0 Å². The molecule has 2 saturated carbocycles. The lowest BCUT2D eigenvalue weighted by atomic mass is 9.84. The summed E-state index contributed by atoms with van der Waals surface area (Å²) < 4.78 is 0. The van der Waals surface area contributed by atoms with E-state index >= 15 is 0 Å². The third-order valence-corrected chi connectivity index (χ3v) is 6.84. The van der Waals surface area contributed by atoms with E-state index in [0.29, 0.717) is 0 Å². The first-order chi connectivity index (χ1) is 12.9. The van der Waals surface area contributed by atoms with Crippen molar-refractivity contribution < 1.29 is 0 Å². The Morgan fingerprint density at radius 3 is 1.85 bits per heavy atom. The molecule has 0 bridgehead atoms. The lowest BCUT2D eigenvalue weighted by Gasteiger charge is -2.41. The van der Waals surface area contributed by atoms with Crippen molar-refractivity contribution in [3.63, 3.8) is 0 Å². The molecule has 1 atom stereocenters. The van der Waals surface area contributed by atoms with Gasteiger partial charge >= 0.3 is 0 Å². The van der Waals surface area contributed by atoms with Gasteiger partial charge in [0.2, 0.25) is 0 Å². The third-order valence-electron chi connectivity index (χ3n) is 6.84. The van der Waals surface area contributed by atoms with E-state index in [1.165, 1.54) is 44.1 Å². The molecule has 0 aliphatic heterocycles. The number of nitriles is 1. The zero-order valence-electron chi connectivity index (χ0n) is 17.7. The van der Waals surface area contributed by atoms with Gasteiger partial charge in [-0.15, -0.1) is 0 Å². The smallest absolute Gasteiger partial charge is 0.108 e. The maximum Gasteiger partial charge on any atom is 0.108 e. The molecule has 4 heteroatoms. The maximum atomic E-state index is 8.90. The topological polar surface area (TPSA) is 56.3 Å². The lowest BCUT2D eigenvalue weighted by molar-refractivity contribution is 0.123. The van der Waals surface area contributed by atoms with E-state index in [1.54, 1.807) is 0 Å². The summed E-state index contributed by atoms with van der Waals surface area (Å²) in [5, 5.41) is 8.90. The highest BCUT2D eigenvalue weighted by Crippen LogP contribution is 2.37. The van der Waals surface area contributed by atoms with E-state index in [1.807, 2.05) is 14.1 Å². The fourth-order valence-electron chi connectivity index (χ4n) is 4.81. The normalized spacial score (nSPS) is 21.6. The van der Waals surface area contributed by atoms with Crippen LogP contribution in [0.1, 0.15) is 56.9 Å². The second kappa shape index (κ2) is 9.68. The summed E-state index contributed by atoms with van der Waals surface area (Å²) in [5.41, 5.74) is 7.95. The molecule has 0 spiro atoms. The Kier molecular flexibility index (Phi) is 7.85. The average Bonchev–Trinajstić information content (AvgIpc) is 3.34. The molecule has 0 amide bonds. The molecule has 27 heavy (non-hydrogen) atoms. The van der Waals surface area contributed by atoms with Crippen molar-refractivity contribution in [1.82, 2.24) is 9.80 Å². The molecule has 1 aromatic rings. The van der Waals surface area contributed by atoms with Crippen LogP contribution in [0.4, 0.5) is 0 Å². The summed E-state index contributed by atoms with van der Waals surface area (Å²) in [7, 11) is 8.34. The Morgan fingerprint density at radius 1 is 0.926 bits per heavy atom. The number of benzene rings is 1. The molecule has 0 aromatic heterocycles. The fourth-order valence-corrected chi connectivity index (χ4v) is 4.81. The SMILES string of the molecule is CN(C)C1(C#N)CCCC1.CN(C)C1(C(N)Cc2ccccc2)CCCC1. The molecule has 2 aliphatic carbocycles. The molecule has 0 radical (unpaired) electrons. The van der Waals surface area contributed by atoms with E-state index in [2.05, 4.69) is 60.3 Å². The standard InChI is InChI=1S/C15H24N2.C8H14N2/c1-17(2)15(10-6-7-11-15)14(16)12-13-8-4-3-5-9-13;1-10(2)8(7-9)5-3-4-6-8/h3-5,8-9,14H,6-7,10-12,16H2,1-2H3;3-6H2,1-2H3. The van der Waals surface area contributed by atoms with Crippen molar-refractivity contribution in [3.8, 4) is 6.07 Å². The molecule has 0 heterocycles. The largest absolute Gasteiger partial charge is 0.326 e. The van der Waals surface area contributed by atoms with Gasteiger partial charge in [0.1, 0.15) is 5.54 Å². The summed E-state index contributed by atoms with van der Waals surface area (Å²) in [6.45, 7) is 0. The highest BCUT2D eigenvalue weighted by molar-refractivity contribution is 5.18. The van der Waals surface area contributed by atoms with Gasteiger partial charge in [-0.1, -0.05) is 56.0 Å². The Hall–Kier alpha value is -1.41. The molecule has 1 unspecified atom stereocenters. The summed E-state index contributed by atoms with van der Waals surface area (Å²) in [4.78, 5) is 4.41. The summed E-state index contributed by atoms with van der Waals surface area (Å²) >= 11 is 0. The molecule has 0 saturated heterocycles. The number of likely N-dealkylation sites (N-methyl/N-ethyl adjacent to an activating group) is 1. The van der Waals surface area contributed by atoms with E-state index < -0.39 is 0 Å². The minimum atomic E-state index is -0.125. The Bertz CT molecular complexity index is 591. The number of hydrogen-bond acceptors (Lipinski definition) is 4. The Morgan fingerprint density at radius 2 is 1.44 bits per heavy atom. The van der Waals surface area contributed by atoms with Crippen molar-refractivity contribution in [3.05, 3.63) is 35.9 Å². The van der Waals surface area contributed by atoms with Gasteiger partial charge in [0.05, 0.1) is 6.07 Å². The monoisotopic (exact) mass is 370 g/mol. The highest BCUT2D eigenvalue weighted by atomic mass is 15.2. The first kappa shape index (κ1) is 21.9. The quantitative estimate of drug-likeness (QED) is 0.856. The van der Waals surface area contributed by atoms with Crippen LogP contribution in [0.3, 0.4) is 0 Å². The maximum absolute atomic E-state index is 8.90. The molecule has 1 aromatic carbocycles. The van der Waals surface area contributed by atoms with Crippen LogP contribution in [0.25, 0.3) is 0 Å². The predicted molar refractivity (Wildman–Crippen MR) is 114 cm³/mol. The van der Waals surface area contributed by atoms with Gasteiger partial charge in [0.15, 0.2) is 0 Å². The van der Waals surface area contributed by atoms with E-state index in [4.69, 9.17) is 11.0 Å². The molecule has 2 fully saturated rings. The number of nitrogens with zero attached hydrogens (tertiary/aromatic N) is 3. The predicted octanol–water partition coefficient (Wildman–Crippen LogP) is 3.82. The van der Waals surface area contributed by atoms with Crippen molar-refractivity contribution in [2.45, 2.75) is 74.9 Å². The second-order valence-electron chi connectivity index (χ2n) is 8.75. The van der Waals surface area contributed by atoms with Gasteiger partial charge in [-0.25, -0.2) is 0 Å². The van der Waals surface area contributed by atoms with Crippen molar-refractivity contribution in [1.29, 1.82) is 5.26 Å². The zero-order chi connectivity index (χ0) is 19.9. The molecular formula is C23H38N4.